The maximum atomic E-state index is 3.49. The number of halogens is 1. The van der Waals surface area contributed by atoms with Crippen molar-refractivity contribution in [3.63, 3.8) is 0 Å². The van der Waals surface area contributed by atoms with Crippen LogP contribution in [0.15, 0.2) is 53.0 Å². The maximum absolute atomic E-state index is 3.49. The quantitative estimate of drug-likeness (QED) is 0.697. The average molecular weight is 275 g/mol. The Labute approximate surface area is 105 Å². The van der Waals surface area contributed by atoms with Crippen LogP contribution >= 0.6 is 15.9 Å². The Morgan fingerprint density at radius 2 is 1.44 bits per heavy atom. The van der Waals surface area contributed by atoms with Gasteiger partial charge in [0.1, 0.15) is 0 Å². The fourth-order valence-corrected chi connectivity index (χ4v) is 3.23. The standard InChI is InChI=1S/C15H15Br/c16-15-7-5-11(6-8-15)14-9-12-3-1-2-4-13(12)10-14/h1-8,12-14H,9-10H2. The largest absolute Gasteiger partial charge is 0.0808 e. The summed E-state index contributed by atoms with van der Waals surface area (Å²) in [7, 11) is 0. The van der Waals surface area contributed by atoms with Gasteiger partial charge in [-0.25, -0.2) is 0 Å². The predicted molar refractivity (Wildman–Crippen MR) is 71.4 cm³/mol. The van der Waals surface area contributed by atoms with E-state index in [1.807, 2.05) is 0 Å². The minimum atomic E-state index is 0.746. The molecule has 0 N–H and O–H groups in total. The molecule has 0 spiro atoms. The maximum Gasteiger partial charge on any atom is 0.0175 e. The van der Waals surface area contributed by atoms with E-state index in [9.17, 15) is 0 Å². The topological polar surface area (TPSA) is 0 Å². The molecule has 2 aliphatic carbocycles. The van der Waals surface area contributed by atoms with Crippen LogP contribution in [0.25, 0.3) is 0 Å². The predicted octanol–water partition coefficient (Wildman–Crippen LogP) is 4.68. The highest BCUT2D eigenvalue weighted by Gasteiger charge is 2.32. The monoisotopic (exact) mass is 274 g/mol. The zero-order valence-corrected chi connectivity index (χ0v) is 10.7. The fraction of sp³-hybridized carbons (Fsp3) is 0.333. The van der Waals surface area contributed by atoms with Crippen LogP contribution < -0.4 is 0 Å². The van der Waals surface area contributed by atoms with Crippen molar-refractivity contribution in [3.8, 4) is 0 Å². The number of fused-ring (bicyclic) bond motifs is 1. The summed E-state index contributed by atoms with van der Waals surface area (Å²) >= 11 is 3.49. The molecule has 0 bridgehead atoms. The molecule has 1 fully saturated rings. The van der Waals surface area contributed by atoms with Gasteiger partial charge in [-0.05, 0) is 48.3 Å². The summed E-state index contributed by atoms with van der Waals surface area (Å²) in [6.07, 6.45) is 11.8. The van der Waals surface area contributed by atoms with Gasteiger partial charge in [0.25, 0.3) is 0 Å². The van der Waals surface area contributed by atoms with Crippen molar-refractivity contribution in [2.24, 2.45) is 11.8 Å². The van der Waals surface area contributed by atoms with E-state index in [2.05, 4.69) is 64.5 Å². The van der Waals surface area contributed by atoms with E-state index in [1.54, 1.807) is 0 Å². The molecule has 2 unspecified atom stereocenters. The van der Waals surface area contributed by atoms with Crippen LogP contribution in [0.4, 0.5) is 0 Å². The van der Waals surface area contributed by atoms with E-state index in [0.29, 0.717) is 0 Å². The lowest BCUT2D eigenvalue weighted by molar-refractivity contribution is 0.552. The molecule has 0 nitrogen and oxygen atoms in total. The third kappa shape index (κ3) is 1.89. The van der Waals surface area contributed by atoms with Gasteiger partial charge in [0.05, 0.1) is 0 Å². The first-order valence-electron chi connectivity index (χ1n) is 5.93. The number of rotatable bonds is 1. The van der Waals surface area contributed by atoms with Gasteiger partial charge in [0.15, 0.2) is 0 Å². The zero-order chi connectivity index (χ0) is 11.0. The number of benzene rings is 1. The Bertz CT molecular complexity index is 407. The highest BCUT2D eigenvalue weighted by Crippen LogP contribution is 2.44. The normalized spacial score (nSPS) is 31.7. The first kappa shape index (κ1) is 10.3. The molecule has 1 saturated carbocycles. The Morgan fingerprint density at radius 1 is 0.875 bits per heavy atom. The van der Waals surface area contributed by atoms with Crippen molar-refractivity contribution < 1.29 is 0 Å². The molecule has 1 aromatic rings. The highest BCUT2D eigenvalue weighted by atomic mass is 79.9. The van der Waals surface area contributed by atoms with Crippen molar-refractivity contribution >= 4 is 15.9 Å². The van der Waals surface area contributed by atoms with Gasteiger partial charge in [-0.3, -0.25) is 0 Å². The van der Waals surface area contributed by atoms with Crippen LogP contribution in [-0.4, -0.2) is 0 Å². The lowest BCUT2D eigenvalue weighted by atomic mass is 9.92. The van der Waals surface area contributed by atoms with E-state index in [-0.39, 0.29) is 0 Å². The molecule has 2 aliphatic rings. The number of hydrogen-bond acceptors (Lipinski definition) is 0. The average Bonchev–Trinajstić information content (AvgIpc) is 2.73. The number of hydrogen-bond donors (Lipinski definition) is 0. The zero-order valence-electron chi connectivity index (χ0n) is 9.14. The Kier molecular flexibility index (Phi) is 2.72. The van der Waals surface area contributed by atoms with Crippen LogP contribution in [0.2, 0.25) is 0 Å². The lowest BCUT2D eigenvalue weighted by Crippen LogP contribution is -2.03. The first-order valence-corrected chi connectivity index (χ1v) is 6.73. The summed E-state index contributed by atoms with van der Waals surface area (Å²) in [6, 6.07) is 8.84. The second-order valence-corrected chi connectivity index (χ2v) is 5.73. The Morgan fingerprint density at radius 3 is 2.00 bits per heavy atom. The van der Waals surface area contributed by atoms with Crippen molar-refractivity contribution in [1.82, 2.24) is 0 Å². The fourth-order valence-electron chi connectivity index (χ4n) is 2.97. The molecule has 0 saturated heterocycles. The second-order valence-electron chi connectivity index (χ2n) is 4.82. The van der Waals surface area contributed by atoms with Gasteiger partial charge in [-0.15, -0.1) is 0 Å². The first-order chi connectivity index (χ1) is 7.83. The number of allylic oxidation sites excluding steroid dienone is 4. The smallest absolute Gasteiger partial charge is 0.0175 e. The van der Waals surface area contributed by atoms with Crippen LogP contribution in [0, 0.1) is 11.8 Å². The summed E-state index contributed by atoms with van der Waals surface area (Å²) in [5.41, 5.74) is 1.50. The molecule has 16 heavy (non-hydrogen) atoms. The minimum Gasteiger partial charge on any atom is -0.0808 e. The van der Waals surface area contributed by atoms with Crippen LogP contribution in [-0.2, 0) is 0 Å². The molecule has 2 atom stereocenters. The van der Waals surface area contributed by atoms with Crippen LogP contribution in [0.3, 0.4) is 0 Å². The van der Waals surface area contributed by atoms with Crippen molar-refractivity contribution in [1.29, 1.82) is 0 Å². The third-order valence-electron chi connectivity index (χ3n) is 3.83. The highest BCUT2D eigenvalue weighted by molar-refractivity contribution is 9.10. The van der Waals surface area contributed by atoms with Gasteiger partial charge < -0.3 is 0 Å². The van der Waals surface area contributed by atoms with Gasteiger partial charge in [-0.1, -0.05) is 52.4 Å². The van der Waals surface area contributed by atoms with Crippen LogP contribution in [0.5, 0.6) is 0 Å². The van der Waals surface area contributed by atoms with E-state index in [0.717, 1.165) is 17.8 Å². The minimum absolute atomic E-state index is 0.746. The molecule has 0 radical (unpaired) electrons. The van der Waals surface area contributed by atoms with Gasteiger partial charge in [-0.2, -0.15) is 0 Å². The second kappa shape index (κ2) is 4.21. The van der Waals surface area contributed by atoms with E-state index in [1.165, 1.54) is 22.9 Å². The Hall–Kier alpha value is -0.820. The Balaban J connectivity index is 1.80. The lowest BCUT2D eigenvalue weighted by Gasteiger charge is -2.13. The summed E-state index contributed by atoms with van der Waals surface area (Å²) in [5.74, 6) is 2.30. The van der Waals surface area contributed by atoms with Gasteiger partial charge in [0, 0.05) is 4.47 Å². The van der Waals surface area contributed by atoms with Crippen LogP contribution in [0.1, 0.15) is 24.3 Å². The molecular formula is C15H15Br. The molecule has 0 heterocycles. The summed E-state index contributed by atoms with van der Waals surface area (Å²) in [6.45, 7) is 0. The summed E-state index contributed by atoms with van der Waals surface area (Å²) in [4.78, 5) is 0. The summed E-state index contributed by atoms with van der Waals surface area (Å²) < 4.78 is 1.17. The van der Waals surface area contributed by atoms with Crippen molar-refractivity contribution in [3.05, 3.63) is 58.6 Å². The summed E-state index contributed by atoms with van der Waals surface area (Å²) in [5, 5.41) is 0. The molecule has 1 aromatic carbocycles. The van der Waals surface area contributed by atoms with Gasteiger partial charge >= 0.3 is 0 Å². The molecule has 82 valence electrons. The van der Waals surface area contributed by atoms with Crippen molar-refractivity contribution in [2.45, 2.75) is 18.8 Å². The van der Waals surface area contributed by atoms with Gasteiger partial charge in [0.2, 0.25) is 0 Å². The van der Waals surface area contributed by atoms with E-state index >= 15 is 0 Å². The van der Waals surface area contributed by atoms with Crippen molar-refractivity contribution in [2.75, 3.05) is 0 Å². The molecule has 1 heteroatoms. The van der Waals surface area contributed by atoms with E-state index < -0.39 is 0 Å². The SMILES string of the molecule is Brc1ccc(C2CC3C=CC=CC3C2)cc1. The molecule has 0 aliphatic heterocycles. The molecule has 0 amide bonds. The molecule has 0 aromatic heterocycles. The third-order valence-corrected chi connectivity index (χ3v) is 4.36. The molecular weight excluding hydrogens is 260 g/mol. The molecule has 3 rings (SSSR count). The van der Waals surface area contributed by atoms with E-state index in [4.69, 9.17) is 0 Å².